The Bertz CT molecular complexity index is 1150. The number of Topliss-reactive ketones (excluding diaryl/α,β-unsaturated/α-hetero) is 1. The first kappa shape index (κ1) is 21.7. The van der Waals surface area contributed by atoms with E-state index in [0.29, 0.717) is 32.2 Å². The fraction of sp³-hybridized carbons (Fsp3) is 0.190. The minimum absolute atomic E-state index is 0.0983. The van der Waals surface area contributed by atoms with E-state index >= 15 is 0 Å². The molecule has 30 heavy (non-hydrogen) atoms. The van der Waals surface area contributed by atoms with Crippen LogP contribution in [0.3, 0.4) is 0 Å². The van der Waals surface area contributed by atoms with Crippen LogP contribution in [0.2, 0.25) is 10.0 Å². The lowest BCUT2D eigenvalue weighted by atomic mass is 10.1. The van der Waals surface area contributed by atoms with Crippen molar-refractivity contribution in [1.29, 1.82) is 0 Å². The molecule has 2 aromatic carbocycles. The number of hydrogen-bond acceptors (Lipinski definition) is 5. The van der Waals surface area contributed by atoms with Crippen molar-refractivity contribution in [3.05, 3.63) is 63.3 Å². The van der Waals surface area contributed by atoms with Crippen molar-refractivity contribution in [2.75, 3.05) is 13.7 Å². The number of fused-ring (bicyclic) bond motifs is 1. The first-order chi connectivity index (χ1) is 14.3. The Hall–Kier alpha value is -3.03. The van der Waals surface area contributed by atoms with Gasteiger partial charge in [0.2, 0.25) is 0 Å². The number of hydrogen-bond donors (Lipinski definition) is 1. The van der Waals surface area contributed by atoms with E-state index in [9.17, 15) is 14.4 Å². The van der Waals surface area contributed by atoms with Gasteiger partial charge < -0.3 is 19.8 Å². The van der Waals surface area contributed by atoms with E-state index in [4.69, 9.17) is 33.7 Å². The summed E-state index contributed by atoms with van der Waals surface area (Å²) in [5.74, 6) is -2.31. The van der Waals surface area contributed by atoms with Gasteiger partial charge in [0, 0.05) is 21.3 Å². The van der Waals surface area contributed by atoms with Gasteiger partial charge in [-0.05, 0) is 31.2 Å². The molecule has 2 N–H and O–H groups in total. The highest BCUT2D eigenvalue weighted by Gasteiger charge is 2.26. The third-order valence-corrected chi connectivity index (χ3v) is 5.42. The van der Waals surface area contributed by atoms with E-state index in [2.05, 4.69) is 4.74 Å². The lowest BCUT2D eigenvalue weighted by molar-refractivity contribution is -0.142. The normalized spacial score (nSPS) is 10.8. The van der Waals surface area contributed by atoms with Crippen molar-refractivity contribution in [2.24, 2.45) is 5.73 Å². The maximum atomic E-state index is 12.6. The summed E-state index contributed by atoms with van der Waals surface area (Å²) in [7, 11) is 1.24. The molecular formula is C21H18Cl2N2O5. The van der Waals surface area contributed by atoms with Crippen LogP contribution in [0.15, 0.2) is 36.4 Å². The summed E-state index contributed by atoms with van der Waals surface area (Å²) in [5, 5.41) is 1.29. The Balaban J connectivity index is 2.23. The van der Waals surface area contributed by atoms with Gasteiger partial charge in [0.25, 0.3) is 11.7 Å². The highest BCUT2D eigenvalue weighted by atomic mass is 35.5. The molecule has 0 atom stereocenters. The smallest absolute Gasteiger partial charge is 0.343 e. The highest BCUT2D eigenvalue weighted by Crippen LogP contribution is 2.36. The van der Waals surface area contributed by atoms with Crippen LogP contribution in [0.25, 0.3) is 10.9 Å². The molecule has 7 nitrogen and oxygen atoms in total. The average molecular weight is 449 g/mol. The second-order valence-electron chi connectivity index (χ2n) is 6.46. The van der Waals surface area contributed by atoms with Gasteiger partial charge in [-0.1, -0.05) is 35.3 Å². The van der Waals surface area contributed by atoms with Gasteiger partial charge in [0.15, 0.2) is 6.61 Å². The van der Waals surface area contributed by atoms with E-state index in [1.54, 1.807) is 47.9 Å². The Morgan fingerprint density at radius 1 is 1.07 bits per heavy atom. The predicted molar refractivity (Wildman–Crippen MR) is 113 cm³/mol. The van der Waals surface area contributed by atoms with Crippen LogP contribution in [0.4, 0.5) is 0 Å². The van der Waals surface area contributed by atoms with Gasteiger partial charge in [-0.2, -0.15) is 0 Å². The summed E-state index contributed by atoms with van der Waals surface area (Å²) in [6.45, 7) is 1.57. The summed E-state index contributed by atoms with van der Waals surface area (Å²) in [6.07, 6.45) is 0. The van der Waals surface area contributed by atoms with Gasteiger partial charge in [0.05, 0.1) is 30.1 Å². The summed E-state index contributed by atoms with van der Waals surface area (Å²) in [6, 6.07) is 10.2. The van der Waals surface area contributed by atoms with Crippen molar-refractivity contribution < 1.29 is 23.9 Å². The first-order valence-electron chi connectivity index (χ1n) is 8.84. The maximum Gasteiger partial charge on any atom is 0.343 e. The number of carbonyl (C=O) groups excluding carboxylic acids is 3. The molecule has 1 aromatic heterocycles. The van der Waals surface area contributed by atoms with Crippen LogP contribution in [0.1, 0.15) is 21.6 Å². The second-order valence-corrected chi connectivity index (χ2v) is 7.27. The number of rotatable bonds is 7. The van der Waals surface area contributed by atoms with Gasteiger partial charge in [-0.25, -0.2) is 4.79 Å². The monoisotopic (exact) mass is 448 g/mol. The summed E-state index contributed by atoms with van der Waals surface area (Å²) < 4.78 is 12.0. The zero-order chi connectivity index (χ0) is 22.0. The van der Waals surface area contributed by atoms with E-state index in [1.807, 2.05) is 0 Å². The number of methoxy groups -OCH3 is 1. The number of carbonyl (C=O) groups is 3. The summed E-state index contributed by atoms with van der Waals surface area (Å²) >= 11 is 12.6. The topological polar surface area (TPSA) is 101 Å². The van der Waals surface area contributed by atoms with E-state index in [0.717, 1.165) is 0 Å². The van der Waals surface area contributed by atoms with Crippen molar-refractivity contribution >= 4 is 51.8 Å². The third-order valence-electron chi connectivity index (χ3n) is 4.71. The highest BCUT2D eigenvalue weighted by molar-refractivity contribution is 6.45. The molecular weight excluding hydrogens is 431 g/mol. The molecule has 0 fully saturated rings. The Morgan fingerprint density at radius 3 is 2.30 bits per heavy atom. The van der Waals surface area contributed by atoms with Crippen LogP contribution in [-0.2, 0) is 20.9 Å². The molecule has 3 aromatic rings. The molecule has 0 radical (unpaired) electrons. The van der Waals surface area contributed by atoms with Crippen molar-refractivity contribution in [2.45, 2.75) is 13.5 Å². The third kappa shape index (κ3) is 3.99. The van der Waals surface area contributed by atoms with E-state index in [-0.39, 0.29) is 24.5 Å². The number of nitrogens with zero attached hydrogens (tertiary/aromatic N) is 1. The molecule has 0 bridgehead atoms. The fourth-order valence-electron chi connectivity index (χ4n) is 3.25. The lowest BCUT2D eigenvalue weighted by Crippen LogP contribution is -2.24. The number of ketones is 1. The van der Waals surface area contributed by atoms with Crippen molar-refractivity contribution in [3.63, 3.8) is 0 Å². The number of esters is 1. The molecule has 0 saturated heterocycles. The minimum Gasteiger partial charge on any atom is -0.481 e. The SMILES string of the molecule is COC(=O)COc1cccc2c1c(C(=O)C(N)=O)c(C)n2Cc1c(Cl)cccc1Cl. The van der Waals surface area contributed by atoms with Crippen LogP contribution >= 0.6 is 23.2 Å². The zero-order valence-corrected chi connectivity index (χ0v) is 17.7. The Labute approximate surface area is 182 Å². The molecule has 0 aliphatic heterocycles. The maximum absolute atomic E-state index is 12.6. The van der Waals surface area contributed by atoms with Crippen LogP contribution in [0, 0.1) is 6.92 Å². The minimum atomic E-state index is -1.10. The molecule has 0 aliphatic rings. The summed E-state index contributed by atoms with van der Waals surface area (Å²) in [5.41, 5.74) is 7.11. The number of amides is 1. The van der Waals surface area contributed by atoms with E-state index in [1.165, 1.54) is 7.11 Å². The molecule has 0 spiro atoms. The number of primary amides is 1. The average Bonchev–Trinajstić information content (AvgIpc) is 3.00. The van der Waals surface area contributed by atoms with E-state index < -0.39 is 17.7 Å². The largest absolute Gasteiger partial charge is 0.481 e. The Kier molecular flexibility index (Phi) is 6.34. The molecule has 1 amide bonds. The fourth-order valence-corrected chi connectivity index (χ4v) is 3.77. The van der Waals surface area contributed by atoms with Crippen molar-refractivity contribution in [1.82, 2.24) is 4.57 Å². The number of ether oxygens (including phenoxy) is 2. The number of aromatic nitrogens is 1. The van der Waals surface area contributed by atoms with Crippen molar-refractivity contribution in [3.8, 4) is 5.75 Å². The quantitative estimate of drug-likeness (QED) is 0.338. The molecule has 9 heteroatoms. The number of nitrogens with two attached hydrogens (primary N) is 1. The van der Waals surface area contributed by atoms with Gasteiger partial charge in [-0.3, -0.25) is 9.59 Å². The van der Waals surface area contributed by atoms with Gasteiger partial charge >= 0.3 is 5.97 Å². The molecule has 3 rings (SSSR count). The standard InChI is InChI=1S/C21H18Cl2N2O5/c1-11-18(20(27)21(24)28)19-15(7-4-8-16(19)30-10-17(26)29-2)25(11)9-12-13(22)5-3-6-14(12)23/h3-8H,9-10H2,1-2H3,(H2,24,28). The predicted octanol–water partition coefficient (Wildman–Crippen LogP) is 3.52. The second kappa shape index (κ2) is 8.77. The van der Waals surface area contributed by atoms with Crippen LogP contribution in [0.5, 0.6) is 5.75 Å². The molecule has 1 heterocycles. The van der Waals surface area contributed by atoms with Gasteiger partial charge in [-0.15, -0.1) is 0 Å². The first-order valence-corrected chi connectivity index (χ1v) is 9.60. The molecule has 0 aliphatic carbocycles. The lowest BCUT2D eigenvalue weighted by Gasteiger charge is -2.12. The summed E-state index contributed by atoms with van der Waals surface area (Å²) in [4.78, 5) is 35.9. The molecule has 0 unspecified atom stereocenters. The zero-order valence-electron chi connectivity index (χ0n) is 16.2. The number of benzene rings is 2. The Morgan fingerprint density at radius 2 is 1.70 bits per heavy atom. The van der Waals surface area contributed by atoms with Crippen LogP contribution in [-0.4, -0.2) is 35.9 Å². The van der Waals surface area contributed by atoms with Crippen LogP contribution < -0.4 is 10.5 Å². The number of halogens is 2. The van der Waals surface area contributed by atoms with Gasteiger partial charge in [0.1, 0.15) is 5.75 Å². The molecule has 156 valence electrons. The molecule has 0 saturated carbocycles.